The summed E-state index contributed by atoms with van der Waals surface area (Å²) in [6, 6.07) is 5.63. The number of fused-ring (bicyclic) bond motifs is 1. The first-order chi connectivity index (χ1) is 11.8. The van der Waals surface area contributed by atoms with E-state index < -0.39 is 0 Å². The number of hydrogen-bond donors (Lipinski definition) is 1. The summed E-state index contributed by atoms with van der Waals surface area (Å²) in [5, 5.41) is 2.89. The second-order valence-electron chi connectivity index (χ2n) is 6.55. The fraction of sp³-hybridized carbons (Fsp3) is 0.444. The van der Waals surface area contributed by atoms with Crippen molar-refractivity contribution in [2.45, 2.75) is 31.6 Å². The zero-order chi connectivity index (χ0) is 16.4. The molecule has 2 aromatic rings. The number of aromatic nitrogens is 1. The van der Waals surface area contributed by atoms with Crippen LogP contribution < -0.4 is 5.32 Å². The highest BCUT2D eigenvalue weighted by Gasteiger charge is 2.41. The molecule has 0 radical (unpaired) electrons. The number of rotatable bonds is 4. The average Bonchev–Trinajstić information content (AvgIpc) is 3.25. The lowest BCUT2D eigenvalue weighted by Crippen LogP contribution is -2.41. The number of pyridine rings is 1. The van der Waals surface area contributed by atoms with Crippen LogP contribution in [-0.2, 0) is 16.1 Å². The molecule has 1 amide bonds. The number of hydrogen-bond acceptors (Lipinski definition) is 5. The molecule has 2 aromatic heterocycles. The standard InChI is InChI=1S/C18H21N3O3/c22-18(20-15-2-1-5-19-9-15)16-8-14-3-6-21(11-17(14)24-16)10-13-4-7-23-12-13/h1-2,4-5,7,9,12,14,16-17H,3,6,8,10-11H2,(H,20,22)/t14-,16+,17+/m0/s1. The third kappa shape index (κ3) is 3.34. The summed E-state index contributed by atoms with van der Waals surface area (Å²) in [5.41, 5.74) is 1.89. The van der Waals surface area contributed by atoms with Crippen molar-refractivity contribution in [1.82, 2.24) is 9.88 Å². The van der Waals surface area contributed by atoms with Gasteiger partial charge in [0.25, 0.3) is 5.91 Å². The molecule has 2 fully saturated rings. The first-order valence-electron chi connectivity index (χ1n) is 8.38. The molecule has 6 heteroatoms. The molecule has 24 heavy (non-hydrogen) atoms. The van der Waals surface area contributed by atoms with Crippen LogP contribution in [0, 0.1) is 5.92 Å². The summed E-state index contributed by atoms with van der Waals surface area (Å²) in [5.74, 6) is 0.397. The molecular weight excluding hydrogens is 306 g/mol. The second kappa shape index (κ2) is 6.75. The van der Waals surface area contributed by atoms with Crippen LogP contribution in [0.1, 0.15) is 18.4 Å². The Morgan fingerprint density at radius 1 is 1.42 bits per heavy atom. The van der Waals surface area contributed by atoms with Crippen LogP contribution in [0.2, 0.25) is 0 Å². The molecule has 0 unspecified atom stereocenters. The normalized spacial score (nSPS) is 26.9. The van der Waals surface area contributed by atoms with Crippen molar-refractivity contribution in [2.75, 3.05) is 18.4 Å². The number of nitrogens with one attached hydrogen (secondary N) is 1. The van der Waals surface area contributed by atoms with Gasteiger partial charge in [0.15, 0.2) is 0 Å². The average molecular weight is 327 g/mol. The molecular formula is C18H21N3O3. The van der Waals surface area contributed by atoms with Gasteiger partial charge in [-0.2, -0.15) is 0 Å². The van der Waals surface area contributed by atoms with E-state index in [4.69, 9.17) is 9.15 Å². The number of likely N-dealkylation sites (tertiary alicyclic amines) is 1. The Balaban J connectivity index is 1.33. The quantitative estimate of drug-likeness (QED) is 0.933. The Morgan fingerprint density at radius 3 is 3.17 bits per heavy atom. The van der Waals surface area contributed by atoms with Gasteiger partial charge in [0.05, 0.1) is 30.5 Å². The molecule has 0 spiro atoms. The monoisotopic (exact) mass is 327 g/mol. The number of piperidine rings is 1. The Bertz CT molecular complexity index is 674. The van der Waals surface area contributed by atoms with Gasteiger partial charge in [0.2, 0.25) is 0 Å². The number of nitrogens with zero attached hydrogens (tertiary/aromatic N) is 2. The molecule has 2 aliphatic heterocycles. The van der Waals surface area contributed by atoms with Crippen LogP contribution in [0.5, 0.6) is 0 Å². The van der Waals surface area contributed by atoms with Gasteiger partial charge in [-0.3, -0.25) is 14.7 Å². The van der Waals surface area contributed by atoms with E-state index in [1.807, 2.05) is 12.1 Å². The van der Waals surface area contributed by atoms with Crippen molar-refractivity contribution < 1.29 is 13.9 Å². The van der Waals surface area contributed by atoms with Gasteiger partial charge in [-0.1, -0.05) is 0 Å². The Labute approximate surface area is 140 Å². The van der Waals surface area contributed by atoms with Crippen molar-refractivity contribution in [3.63, 3.8) is 0 Å². The van der Waals surface area contributed by atoms with Gasteiger partial charge in [-0.25, -0.2) is 0 Å². The predicted octanol–water partition coefficient (Wildman–Crippen LogP) is 2.29. The number of anilines is 1. The topological polar surface area (TPSA) is 67.6 Å². The fourth-order valence-corrected chi connectivity index (χ4v) is 3.61. The molecule has 0 aliphatic carbocycles. The molecule has 2 aliphatic rings. The number of carbonyl (C=O) groups excluding carboxylic acids is 1. The SMILES string of the molecule is O=C(Nc1cccnc1)[C@H]1C[C@@H]2CCN(Cc3ccoc3)C[C@H]2O1. The molecule has 4 rings (SSSR count). The minimum Gasteiger partial charge on any atom is -0.472 e. The minimum atomic E-state index is -0.367. The zero-order valence-electron chi connectivity index (χ0n) is 13.4. The third-order valence-corrected chi connectivity index (χ3v) is 4.84. The van der Waals surface area contributed by atoms with Crippen molar-refractivity contribution in [3.8, 4) is 0 Å². The third-order valence-electron chi connectivity index (χ3n) is 4.84. The number of carbonyl (C=O) groups is 1. The molecule has 0 aromatic carbocycles. The largest absolute Gasteiger partial charge is 0.472 e. The number of ether oxygens (including phenoxy) is 1. The summed E-state index contributed by atoms with van der Waals surface area (Å²) in [6.07, 6.45) is 8.45. The van der Waals surface area contributed by atoms with Crippen LogP contribution in [0.3, 0.4) is 0 Å². The summed E-state index contributed by atoms with van der Waals surface area (Å²) in [4.78, 5) is 18.8. The predicted molar refractivity (Wildman–Crippen MR) is 88.2 cm³/mol. The molecule has 3 atom stereocenters. The van der Waals surface area contributed by atoms with E-state index in [1.165, 1.54) is 5.56 Å². The summed E-state index contributed by atoms with van der Waals surface area (Å²) >= 11 is 0. The molecule has 6 nitrogen and oxygen atoms in total. The minimum absolute atomic E-state index is 0.0706. The van der Waals surface area contributed by atoms with Crippen LogP contribution in [0.15, 0.2) is 47.5 Å². The first-order valence-corrected chi connectivity index (χ1v) is 8.38. The van der Waals surface area contributed by atoms with E-state index in [-0.39, 0.29) is 18.1 Å². The fourth-order valence-electron chi connectivity index (χ4n) is 3.61. The first kappa shape index (κ1) is 15.4. The van der Waals surface area contributed by atoms with E-state index in [1.54, 1.807) is 31.0 Å². The molecule has 0 saturated carbocycles. The van der Waals surface area contributed by atoms with E-state index in [9.17, 15) is 4.79 Å². The Morgan fingerprint density at radius 2 is 2.38 bits per heavy atom. The van der Waals surface area contributed by atoms with Crippen molar-refractivity contribution in [3.05, 3.63) is 48.7 Å². The highest BCUT2D eigenvalue weighted by molar-refractivity contribution is 5.94. The van der Waals surface area contributed by atoms with Gasteiger partial charge in [-0.15, -0.1) is 0 Å². The van der Waals surface area contributed by atoms with Crippen molar-refractivity contribution in [2.24, 2.45) is 5.92 Å². The molecule has 0 bridgehead atoms. The highest BCUT2D eigenvalue weighted by atomic mass is 16.5. The maximum Gasteiger partial charge on any atom is 0.253 e. The van der Waals surface area contributed by atoms with E-state index in [0.717, 1.165) is 32.5 Å². The van der Waals surface area contributed by atoms with E-state index >= 15 is 0 Å². The van der Waals surface area contributed by atoms with Crippen LogP contribution >= 0.6 is 0 Å². The van der Waals surface area contributed by atoms with Crippen molar-refractivity contribution >= 4 is 11.6 Å². The van der Waals surface area contributed by atoms with Gasteiger partial charge < -0.3 is 14.5 Å². The van der Waals surface area contributed by atoms with Crippen molar-refractivity contribution in [1.29, 1.82) is 0 Å². The van der Waals surface area contributed by atoms with Crippen LogP contribution in [0.4, 0.5) is 5.69 Å². The Hall–Kier alpha value is -2.18. The van der Waals surface area contributed by atoms with Gasteiger partial charge >= 0.3 is 0 Å². The van der Waals surface area contributed by atoms with Crippen LogP contribution in [-0.4, -0.2) is 41.1 Å². The van der Waals surface area contributed by atoms with Crippen LogP contribution in [0.25, 0.3) is 0 Å². The maximum atomic E-state index is 12.4. The Kier molecular flexibility index (Phi) is 4.32. The van der Waals surface area contributed by atoms with E-state index in [0.29, 0.717) is 11.6 Å². The van der Waals surface area contributed by atoms with E-state index in [2.05, 4.69) is 15.2 Å². The lowest BCUT2D eigenvalue weighted by Gasteiger charge is -2.33. The van der Waals surface area contributed by atoms with Gasteiger partial charge in [0, 0.05) is 24.8 Å². The summed E-state index contributed by atoms with van der Waals surface area (Å²) in [7, 11) is 0. The molecule has 4 heterocycles. The summed E-state index contributed by atoms with van der Waals surface area (Å²) < 4.78 is 11.2. The second-order valence-corrected chi connectivity index (χ2v) is 6.55. The lowest BCUT2D eigenvalue weighted by atomic mass is 9.91. The number of furan rings is 1. The van der Waals surface area contributed by atoms with Gasteiger partial charge in [-0.05, 0) is 43.5 Å². The molecule has 126 valence electrons. The van der Waals surface area contributed by atoms with Gasteiger partial charge in [0.1, 0.15) is 6.10 Å². The maximum absolute atomic E-state index is 12.4. The molecule has 1 N–H and O–H groups in total. The summed E-state index contributed by atoms with van der Waals surface area (Å²) in [6.45, 7) is 2.77. The highest BCUT2D eigenvalue weighted by Crippen LogP contribution is 2.34. The number of amides is 1. The zero-order valence-corrected chi connectivity index (χ0v) is 13.4. The lowest BCUT2D eigenvalue weighted by molar-refractivity contribution is -0.127. The smallest absolute Gasteiger partial charge is 0.253 e. The molecule has 2 saturated heterocycles.